The molecule has 0 spiro atoms. The highest BCUT2D eigenvalue weighted by atomic mass is 32.2. The van der Waals surface area contributed by atoms with E-state index in [2.05, 4.69) is 4.74 Å². The number of hydrogen-bond donors (Lipinski definition) is 0. The van der Waals surface area contributed by atoms with Crippen molar-refractivity contribution in [1.29, 1.82) is 5.26 Å². The van der Waals surface area contributed by atoms with Crippen molar-refractivity contribution in [2.45, 2.75) is 12.8 Å². The van der Waals surface area contributed by atoms with Crippen LogP contribution in [-0.4, -0.2) is 24.6 Å². The fourth-order valence-corrected chi connectivity index (χ4v) is 1.23. The summed E-state index contributed by atoms with van der Waals surface area (Å²) in [5.41, 5.74) is 0. The number of carbonyl (C=O) groups is 1. The number of nitrogens with zero attached hydrogens (tertiary/aromatic N) is 1. The van der Waals surface area contributed by atoms with Gasteiger partial charge in [-0.05, 0) is 0 Å². The Hall–Kier alpha value is -0.690. The quantitative estimate of drug-likeness (QED) is 0.463. The Bertz CT molecular complexity index is 153. The number of carbonyl (C=O) groups excluding carboxylic acids is 1. The average molecular weight is 173 g/mol. The van der Waals surface area contributed by atoms with Gasteiger partial charge in [0.2, 0.25) is 0 Å². The molecular weight excluding hydrogens is 162 g/mol. The monoisotopic (exact) mass is 173 g/mol. The third kappa shape index (κ3) is 7.20. The van der Waals surface area contributed by atoms with Crippen LogP contribution in [-0.2, 0) is 9.53 Å². The normalized spacial score (nSPS) is 8.73. The maximum atomic E-state index is 10.5. The molecule has 0 aromatic carbocycles. The predicted molar refractivity (Wildman–Crippen MR) is 44.2 cm³/mol. The van der Waals surface area contributed by atoms with E-state index < -0.39 is 0 Å². The second kappa shape index (κ2) is 7.42. The van der Waals surface area contributed by atoms with Crippen molar-refractivity contribution in [3.63, 3.8) is 0 Å². The lowest BCUT2D eigenvalue weighted by Crippen LogP contribution is -2.01. The van der Waals surface area contributed by atoms with Crippen molar-refractivity contribution < 1.29 is 9.53 Å². The van der Waals surface area contributed by atoms with Crippen LogP contribution in [0.25, 0.3) is 0 Å². The first-order valence-electron chi connectivity index (χ1n) is 3.32. The van der Waals surface area contributed by atoms with Crippen LogP contribution >= 0.6 is 11.8 Å². The van der Waals surface area contributed by atoms with E-state index in [1.54, 1.807) is 11.8 Å². The smallest absolute Gasteiger partial charge is 0.306 e. The van der Waals surface area contributed by atoms with E-state index >= 15 is 0 Å². The third-order valence-electron chi connectivity index (χ3n) is 1.04. The van der Waals surface area contributed by atoms with Crippen LogP contribution in [0, 0.1) is 11.3 Å². The Balaban J connectivity index is 3.03. The highest BCUT2D eigenvalue weighted by molar-refractivity contribution is 7.99. The molecule has 0 aliphatic heterocycles. The minimum atomic E-state index is -0.186. The van der Waals surface area contributed by atoms with Crippen molar-refractivity contribution in [3.05, 3.63) is 0 Å². The van der Waals surface area contributed by atoms with Crippen molar-refractivity contribution in [2.24, 2.45) is 0 Å². The van der Waals surface area contributed by atoms with Gasteiger partial charge in [0, 0.05) is 17.9 Å². The summed E-state index contributed by atoms with van der Waals surface area (Å²) in [6, 6.07) is 2.03. The standard InChI is InChI=1S/C7H11NO2S/c1-10-7(9)3-6-11-5-2-4-8/h2-3,5-6H2,1H3. The third-order valence-corrected chi connectivity index (χ3v) is 2.02. The molecular formula is C7H11NO2S. The Labute approximate surface area is 70.7 Å². The lowest BCUT2D eigenvalue weighted by atomic mass is 10.5. The molecule has 0 radical (unpaired) electrons. The van der Waals surface area contributed by atoms with Gasteiger partial charge in [-0.2, -0.15) is 17.0 Å². The highest BCUT2D eigenvalue weighted by Crippen LogP contribution is 2.03. The lowest BCUT2D eigenvalue weighted by Gasteiger charge is -1.96. The summed E-state index contributed by atoms with van der Waals surface area (Å²) in [4.78, 5) is 10.5. The molecule has 0 rings (SSSR count). The molecule has 0 saturated heterocycles. The second-order valence-electron chi connectivity index (χ2n) is 1.85. The average Bonchev–Trinajstić information content (AvgIpc) is 2.04. The highest BCUT2D eigenvalue weighted by Gasteiger charge is 1.98. The van der Waals surface area contributed by atoms with Gasteiger partial charge in [-0.3, -0.25) is 4.79 Å². The summed E-state index contributed by atoms with van der Waals surface area (Å²) in [5, 5.41) is 8.17. The first kappa shape index (κ1) is 10.3. The van der Waals surface area contributed by atoms with Crippen LogP contribution in [0.5, 0.6) is 0 Å². The zero-order chi connectivity index (χ0) is 8.53. The van der Waals surface area contributed by atoms with Crippen LogP contribution in [0.4, 0.5) is 0 Å². The number of esters is 1. The van der Waals surface area contributed by atoms with Gasteiger partial charge in [-0.1, -0.05) is 0 Å². The SMILES string of the molecule is COC(=O)CCSCCC#N. The molecule has 62 valence electrons. The summed E-state index contributed by atoms with van der Waals surface area (Å²) in [6.45, 7) is 0. The summed E-state index contributed by atoms with van der Waals surface area (Å²) in [6.07, 6.45) is 0.985. The maximum absolute atomic E-state index is 10.5. The van der Waals surface area contributed by atoms with E-state index in [4.69, 9.17) is 5.26 Å². The number of thioether (sulfide) groups is 1. The number of rotatable bonds is 5. The Morgan fingerprint density at radius 1 is 1.64 bits per heavy atom. The van der Waals surface area contributed by atoms with E-state index in [1.807, 2.05) is 6.07 Å². The van der Waals surface area contributed by atoms with Crippen LogP contribution in [0.15, 0.2) is 0 Å². The van der Waals surface area contributed by atoms with E-state index in [0.29, 0.717) is 12.8 Å². The van der Waals surface area contributed by atoms with Gasteiger partial charge in [-0.15, -0.1) is 0 Å². The summed E-state index contributed by atoms with van der Waals surface area (Å²) in [5.74, 6) is 1.36. The van der Waals surface area contributed by atoms with Gasteiger partial charge in [0.25, 0.3) is 0 Å². The molecule has 0 saturated carbocycles. The van der Waals surface area contributed by atoms with Crippen LogP contribution in [0.3, 0.4) is 0 Å². The van der Waals surface area contributed by atoms with E-state index in [-0.39, 0.29) is 5.97 Å². The minimum absolute atomic E-state index is 0.186. The molecule has 0 aromatic rings. The van der Waals surface area contributed by atoms with E-state index in [0.717, 1.165) is 11.5 Å². The van der Waals surface area contributed by atoms with Crippen LogP contribution < -0.4 is 0 Å². The van der Waals surface area contributed by atoms with Crippen molar-refractivity contribution in [3.8, 4) is 6.07 Å². The second-order valence-corrected chi connectivity index (χ2v) is 3.07. The number of ether oxygens (including phenoxy) is 1. The predicted octanol–water partition coefficient (Wildman–Crippen LogP) is 1.20. The Morgan fingerprint density at radius 3 is 2.91 bits per heavy atom. The molecule has 3 nitrogen and oxygen atoms in total. The minimum Gasteiger partial charge on any atom is -0.469 e. The number of methoxy groups -OCH3 is 1. The van der Waals surface area contributed by atoms with Gasteiger partial charge in [0.15, 0.2) is 0 Å². The van der Waals surface area contributed by atoms with Crippen molar-refractivity contribution in [1.82, 2.24) is 0 Å². The molecule has 0 N–H and O–H groups in total. The molecule has 0 aliphatic carbocycles. The summed E-state index contributed by atoms with van der Waals surface area (Å²) in [7, 11) is 1.38. The fourth-order valence-electron chi connectivity index (χ4n) is 0.477. The molecule has 0 aliphatic rings. The molecule has 0 aromatic heterocycles. The largest absolute Gasteiger partial charge is 0.469 e. The van der Waals surface area contributed by atoms with Crippen molar-refractivity contribution in [2.75, 3.05) is 18.6 Å². The van der Waals surface area contributed by atoms with Crippen LogP contribution in [0.2, 0.25) is 0 Å². The molecule has 0 atom stereocenters. The fraction of sp³-hybridized carbons (Fsp3) is 0.714. The summed E-state index contributed by atoms with van der Waals surface area (Å²) >= 11 is 1.60. The van der Waals surface area contributed by atoms with Gasteiger partial charge >= 0.3 is 5.97 Å². The Morgan fingerprint density at radius 2 is 2.36 bits per heavy atom. The van der Waals surface area contributed by atoms with Gasteiger partial charge in [-0.25, -0.2) is 0 Å². The van der Waals surface area contributed by atoms with Gasteiger partial charge in [0.05, 0.1) is 19.6 Å². The topological polar surface area (TPSA) is 50.1 Å². The maximum Gasteiger partial charge on any atom is 0.306 e. The van der Waals surface area contributed by atoms with Crippen molar-refractivity contribution >= 4 is 17.7 Å². The molecule has 0 bridgehead atoms. The lowest BCUT2D eigenvalue weighted by molar-refractivity contribution is -0.140. The van der Waals surface area contributed by atoms with Gasteiger partial charge < -0.3 is 4.74 Å². The molecule has 0 amide bonds. The number of hydrogen-bond acceptors (Lipinski definition) is 4. The zero-order valence-corrected chi connectivity index (χ0v) is 7.32. The zero-order valence-electron chi connectivity index (χ0n) is 6.50. The van der Waals surface area contributed by atoms with Crippen LogP contribution in [0.1, 0.15) is 12.8 Å². The molecule has 0 unspecified atom stereocenters. The first-order chi connectivity index (χ1) is 5.31. The van der Waals surface area contributed by atoms with E-state index in [9.17, 15) is 4.79 Å². The number of nitriles is 1. The summed E-state index contributed by atoms with van der Waals surface area (Å²) < 4.78 is 4.44. The molecule has 11 heavy (non-hydrogen) atoms. The van der Waals surface area contributed by atoms with Gasteiger partial charge in [0.1, 0.15) is 0 Å². The molecule has 0 fully saturated rings. The molecule has 0 heterocycles. The van der Waals surface area contributed by atoms with E-state index in [1.165, 1.54) is 7.11 Å². The first-order valence-corrected chi connectivity index (χ1v) is 4.48. The molecule has 4 heteroatoms. The Kier molecular flexibility index (Phi) is 6.95.